The third-order valence-corrected chi connectivity index (χ3v) is 2.83. The number of para-hydroxylation sites is 1. The van der Waals surface area contributed by atoms with Crippen LogP contribution in [0.25, 0.3) is 0 Å². The quantitative estimate of drug-likeness (QED) is 0.854. The Kier molecular flexibility index (Phi) is 5.17. The Morgan fingerprint density at radius 3 is 2.57 bits per heavy atom. The lowest BCUT2D eigenvalue weighted by atomic mass is 10.2. The van der Waals surface area contributed by atoms with Gasteiger partial charge in [0.25, 0.3) is 5.91 Å². The van der Waals surface area contributed by atoms with Crippen molar-refractivity contribution < 1.29 is 19.4 Å². The van der Waals surface area contributed by atoms with Gasteiger partial charge in [0.1, 0.15) is 0 Å². The Morgan fingerprint density at radius 2 is 1.90 bits per heavy atom. The molecule has 0 aliphatic rings. The van der Waals surface area contributed by atoms with E-state index in [-0.39, 0.29) is 19.1 Å². The highest BCUT2D eigenvalue weighted by Crippen LogP contribution is 2.28. The largest absolute Gasteiger partial charge is 0.493 e. The fraction of sp³-hybridized carbons (Fsp3) is 0.188. The van der Waals surface area contributed by atoms with Crippen molar-refractivity contribution in [2.75, 3.05) is 19.0 Å². The van der Waals surface area contributed by atoms with Crippen molar-refractivity contribution in [3.8, 4) is 11.5 Å². The summed E-state index contributed by atoms with van der Waals surface area (Å²) in [6.45, 7) is -0.200. The van der Waals surface area contributed by atoms with Crippen molar-refractivity contribution >= 4 is 11.6 Å². The molecule has 0 aromatic heterocycles. The molecule has 5 heteroatoms. The molecule has 0 saturated heterocycles. The molecule has 2 aromatic rings. The second-order valence-corrected chi connectivity index (χ2v) is 4.35. The van der Waals surface area contributed by atoms with Crippen LogP contribution in [0.3, 0.4) is 0 Å². The molecule has 0 aliphatic heterocycles. The van der Waals surface area contributed by atoms with Gasteiger partial charge in [-0.25, -0.2) is 0 Å². The van der Waals surface area contributed by atoms with E-state index in [2.05, 4.69) is 5.32 Å². The standard InChI is InChI=1S/C16H17NO4/c1-20-15-9-12(10-18)7-8-14(15)21-11-16(19)17-13-5-3-2-4-6-13/h2-9,18H,10-11H2,1H3,(H,17,19). The van der Waals surface area contributed by atoms with E-state index in [1.54, 1.807) is 30.3 Å². The molecule has 0 saturated carbocycles. The normalized spacial score (nSPS) is 10.0. The van der Waals surface area contributed by atoms with Gasteiger partial charge in [0.2, 0.25) is 0 Å². The first-order chi connectivity index (χ1) is 10.2. The molecule has 2 N–H and O–H groups in total. The van der Waals surface area contributed by atoms with Crippen LogP contribution in [-0.4, -0.2) is 24.7 Å². The van der Waals surface area contributed by atoms with E-state index in [0.29, 0.717) is 22.7 Å². The van der Waals surface area contributed by atoms with E-state index in [0.717, 1.165) is 0 Å². The predicted octanol–water partition coefficient (Wildman–Crippen LogP) is 2.21. The number of rotatable bonds is 6. The lowest BCUT2D eigenvalue weighted by molar-refractivity contribution is -0.118. The van der Waals surface area contributed by atoms with Crippen molar-refractivity contribution in [1.82, 2.24) is 0 Å². The maximum atomic E-state index is 11.8. The minimum atomic E-state index is -0.255. The van der Waals surface area contributed by atoms with Gasteiger partial charge < -0.3 is 19.9 Å². The second-order valence-electron chi connectivity index (χ2n) is 4.35. The number of aliphatic hydroxyl groups excluding tert-OH is 1. The molecule has 0 spiro atoms. The van der Waals surface area contributed by atoms with Crippen LogP contribution < -0.4 is 14.8 Å². The molecule has 0 fully saturated rings. The van der Waals surface area contributed by atoms with Crippen LogP contribution in [0, 0.1) is 0 Å². The number of hydrogen-bond donors (Lipinski definition) is 2. The SMILES string of the molecule is COc1cc(CO)ccc1OCC(=O)Nc1ccccc1. The van der Waals surface area contributed by atoms with Gasteiger partial charge in [-0.2, -0.15) is 0 Å². The van der Waals surface area contributed by atoms with Gasteiger partial charge in [0.15, 0.2) is 18.1 Å². The molecular weight excluding hydrogens is 270 g/mol. The first kappa shape index (κ1) is 14.9. The number of aliphatic hydroxyl groups is 1. The molecule has 110 valence electrons. The van der Waals surface area contributed by atoms with E-state index in [1.807, 2.05) is 18.2 Å². The lowest BCUT2D eigenvalue weighted by Gasteiger charge is -2.11. The summed E-state index contributed by atoms with van der Waals surface area (Å²) in [6.07, 6.45) is 0. The Labute approximate surface area is 123 Å². The maximum absolute atomic E-state index is 11.8. The highest BCUT2D eigenvalue weighted by molar-refractivity contribution is 5.91. The van der Waals surface area contributed by atoms with E-state index in [9.17, 15) is 4.79 Å². The monoisotopic (exact) mass is 287 g/mol. The molecule has 2 aromatic carbocycles. The molecule has 0 radical (unpaired) electrons. The van der Waals surface area contributed by atoms with Gasteiger partial charge in [-0.05, 0) is 29.8 Å². The predicted molar refractivity (Wildman–Crippen MR) is 79.5 cm³/mol. The summed E-state index contributed by atoms with van der Waals surface area (Å²) in [4.78, 5) is 11.8. The summed E-state index contributed by atoms with van der Waals surface area (Å²) in [5.74, 6) is 0.682. The smallest absolute Gasteiger partial charge is 0.262 e. The summed E-state index contributed by atoms with van der Waals surface area (Å²) < 4.78 is 10.6. The zero-order valence-corrected chi connectivity index (χ0v) is 11.7. The number of benzene rings is 2. The summed E-state index contributed by atoms with van der Waals surface area (Å²) >= 11 is 0. The van der Waals surface area contributed by atoms with Crippen LogP contribution in [0.1, 0.15) is 5.56 Å². The van der Waals surface area contributed by atoms with Crippen molar-refractivity contribution in [3.63, 3.8) is 0 Å². The van der Waals surface area contributed by atoms with Gasteiger partial charge in [-0.1, -0.05) is 24.3 Å². The average Bonchev–Trinajstić information content (AvgIpc) is 2.53. The summed E-state index contributed by atoms with van der Waals surface area (Å²) in [5, 5.41) is 11.8. The average molecular weight is 287 g/mol. The molecule has 5 nitrogen and oxygen atoms in total. The Hall–Kier alpha value is -2.53. The summed E-state index contributed by atoms with van der Waals surface area (Å²) in [5.41, 5.74) is 1.43. The number of nitrogens with one attached hydrogen (secondary N) is 1. The highest BCUT2D eigenvalue weighted by atomic mass is 16.5. The van der Waals surface area contributed by atoms with Crippen LogP contribution >= 0.6 is 0 Å². The van der Waals surface area contributed by atoms with E-state index in [4.69, 9.17) is 14.6 Å². The molecule has 0 bridgehead atoms. The fourth-order valence-electron chi connectivity index (χ4n) is 1.79. The van der Waals surface area contributed by atoms with Crippen molar-refractivity contribution in [2.24, 2.45) is 0 Å². The van der Waals surface area contributed by atoms with Gasteiger partial charge in [-0.3, -0.25) is 4.79 Å². The van der Waals surface area contributed by atoms with Crippen molar-refractivity contribution in [2.45, 2.75) is 6.61 Å². The number of carbonyl (C=O) groups is 1. The molecule has 2 rings (SSSR count). The van der Waals surface area contributed by atoms with Crippen LogP contribution in [-0.2, 0) is 11.4 Å². The summed E-state index contributed by atoms with van der Waals surface area (Å²) in [6, 6.07) is 14.2. The fourth-order valence-corrected chi connectivity index (χ4v) is 1.79. The van der Waals surface area contributed by atoms with Gasteiger partial charge in [0, 0.05) is 5.69 Å². The summed E-state index contributed by atoms with van der Waals surface area (Å²) in [7, 11) is 1.51. The first-order valence-electron chi connectivity index (χ1n) is 6.48. The number of amides is 1. The molecule has 0 aliphatic carbocycles. The van der Waals surface area contributed by atoms with E-state index in [1.165, 1.54) is 7.11 Å². The molecule has 0 unspecified atom stereocenters. The van der Waals surface area contributed by atoms with Crippen LogP contribution in [0.15, 0.2) is 48.5 Å². The van der Waals surface area contributed by atoms with Crippen LogP contribution in [0.2, 0.25) is 0 Å². The third-order valence-electron chi connectivity index (χ3n) is 2.83. The number of hydrogen-bond acceptors (Lipinski definition) is 4. The lowest BCUT2D eigenvalue weighted by Crippen LogP contribution is -2.20. The Balaban J connectivity index is 1.95. The topological polar surface area (TPSA) is 67.8 Å². The Bertz CT molecular complexity index is 598. The zero-order chi connectivity index (χ0) is 15.1. The van der Waals surface area contributed by atoms with Crippen LogP contribution in [0.5, 0.6) is 11.5 Å². The van der Waals surface area contributed by atoms with Crippen molar-refractivity contribution in [3.05, 3.63) is 54.1 Å². The minimum Gasteiger partial charge on any atom is -0.493 e. The second kappa shape index (κ2) is 7.31. The minimum absolute atomic E-state index is 0.0782. The zero-order valence-electron chi connectivity index (χ0n) is 11.7. The van der Waals surface area contributed by atoms with Crippen molar-refractivity contribution in [1.29, 1.82) is 0 Å². The third kappa shape index (κ3) is 4.22. The van der Waals surface area contributed by atoms with Crippen LogP contribution in [0.4, 0.5) is 5.69 Å². The maximum Gasteiger partial charge on any atom is 0.262 e. The molecule has 0 heterocycles. The highest BCUT2D eigenvalue weighted by Gasteiger charge is 2.08. The first-order valence-corrected chi connectivity index (χ1v) is 6.48. The van der Waals surface area contributed by atoms with Gasteiger partial charge >= 0.3 is 0 Å². The molecule has 21 heavy (non-hydrogen) atoms. The number of anilines is 1. The molecular formula is C16H17NO4. The number of carbonyl (C=O) groups excluding carboxylic acids is 1. The van der Waals surface area contributed by atoms with E-state index >= 15 is 0 Å². The number of ether oxygens (including phenoxy) is 2. The molecule has 1 amide bonds. The van der Waals surface area contributed by atoms with E-state index < -0.39 is 0 Å². The van der Waals surface area contributed by atoms with Gasteiger partial charge in [0.05, 0.1) is 13.7 Å². The van der Waals surface area contributed by atoms with Gasteiger partial charge in [-0.15, -0.1) is 0 Å². The molecule has 0 atom stereocenters. The number of methoxy groups -OCH3 is 1. The Morgan fingerprint density at radius 1 is 1.14 bits per heavy atom.